The summed E-state index contributed by atoms with van der Waals surface area (Å²) in [6, 6.07) is 27.5. The van der Waals surface area contributed by atoms with E-state index in [1.165, 1.54) is 35.2 Å². The molecule has 0 aliphatic carbocycles. The smallest absolute Gasteiger partial charge is 0.264 e. The van der Waals surface area contributed by atoms with Crippen LogP contribution in [0.4, 0.5) is 5.69 Å². The fraction of sp³-hybridized carbons (Fsp3) is 0.212. The lowest BCUT2D eigenvalue weighted by molar-refractivity contribution is -0.140. The quantitative estimate of drug-likeness (QED) is 0.192. The first-order valence-corrected chi connectivity index (χ1v) is 16.1. The van der Waals surface area contributed by atoms with Gasteiger partial charge in [0.15, 0.2) is 0 Å². The molecule has 0 aromatic heterocycles. The monoisotopic (exact) mass is 653 g/mol. The average Bonchev–Trinajstić information content (AvgIpc) is 3.02. The van der Waals surface area contributed by atoms with Crippen LogP contribution in [0.3, 0.4) is 0 Å². The van der Waals surface area contributed by atoms with Crippen molar-refractivity contribution in [3.05, 3.63) is 124 Å². The summed E-state index contributed by atoms with van der Waals surface area (Å²) in [7, 11) is -2.73. The number of halogens is 2. The molecule has 1 atom stereocenters. The second-order valence-electron chi connectivity index (χ2n) is 9.92. The molecule has 2 amide bonds. The van der Waals surface area contributed by atoms with Crippen molar-refractivity contribution in [1.82, 2.24) is 10.2 Å². The lowest BCUT2D eigenvalue weighted by Crippen LogP contribution is -2.53. The molecule has 44 heavy (non-hydrogen) atoms. The summed E-state index contributed by atoms with van der Waals surface area (Å²) >= 11 is 12.3. The summed E-state index contributed by atoms with van der Waals surface area (Å²) in [6.07, 6.45) is 0.212. The first-order valence-electron chi connectivity index (χ1n) is 13.9. The normalized spacial score (nSPS) is 11.8. The Balaban J connectivity index is 1.80. The fourth-order valence-corrected chi connectivity index (χ4v) is 6.42. The first kappa shape index (κ1) is 32.9. The van der Waals surface area contributed by atoms with Gasteiger partial charge >= 0.3 is 0 Å². The van der Waals surface area contributed by atoms with E-state index in [-0.39, 0.29) is 29.5 Å². The molecule has 0 fully saturated rings. The van der Waals surface area contributed by atoms with Crippen LogP contribution in [0.25, 0.3) is 0 Å². The SMILES string of the molecule is CCNC(=O)C(Cc1ccccc1)N(Cc1cccc(OC)c1)C(=O)CN(c1cccc(Cl)c1)S(=O)(=O)c1ccc(Cl)cc1. The summed E-state index contributed by atoms with van der Waals surface area (Å²) in [5.41, 5.74) is 1.74. The number of amides is 2. The molecule has 4 rings (SSSR count). The van der Waals surface area contributed by atoms with Gasteiger partial charge in [0.1, 0.15) is 18.3 Å². The van der Waals surface area contributed by atoms with E-state index in [4.69, 9.17) is 27.9 Å². The number of carbonyl (C=O) groups excluding carboxylic acids is 2. The Kier molecular flexibility index (Phi) is 11.3. The number of likely N-dealkylation sites (N-methyl/N-ethyl adjacent to an activating group) is 1. The molecule has 0 aliphatic heterocycles. The maximum Gasteiger partial charge on any atom is 0.264 e. The van der Waals surface area contributed by atoms with Crippen LogP contribution in [0, 0.1) is 0 Å². The van der Waals surface area contributed by atoms with E-state index in [1.807, 2.05) is 36.4 Å². The van der Waals surface area contributed by atoms with Crippen molar-refractivity contribution in [2.45, 2.75) is 30.8 Å². The zero-order valence-electron chi connectivity index (χ0n) is 24.3. The van der Waals surface area contributed by atoms with Gasteiger partial charge in [-0.05, 0) is 72.6 Å². The molecule has 4 aromatic rings. The maximum absolute atomic E-state index is 14.4. The van der Waals surface area contributed by atoms with Crippen molar-refractivity contribution in [3.8, 4) is 5.75 Å². The van der Waals surface area contributed by atoms with Crippen LogP contribution < -0.4 is 14.4 Å². The minimum atomic E-state index is -4.27. The van der Waals surface area contributed by atoms with E-state index in [0.29, 0.717) is 27.9 Å². The number of hydrogen-bond acceptors (Lipinski definition) is 5. The molecule has 230 valence electrons. The standard InChI is InChI=1S/C33H33Cl2N3O5S/c1-3-36-33(40)31(20-24-9-5-4-6-10-24)37(22-25-11-7-14-29(19-25)43-2)32(39)23-38(28-13-8-12-27(35)21-28)44(41,42)30-17-15-26(34)16-18-30/h4-19,21,31H,3,20,22-23H2,1-2H3,(H,36,40). The highest BCUT2D eigenvalue weighted by atomic mass is 35.5. The number of sulfonamides is 1. The van der Waals surface area contributed by atoms with Crippen LogP contribution in [0.5, 0.6) is 5.75 Å². The van der Waals surface area contributed by atoms with Crippen molar-refractivity contribution in [2.24, 2.45) is 0 Å². The second-order valence-corrected chi connectivity index (χ2v) is 12.7. The number of nitrogens with zero attached hydrogens (tertiary/aromatic N) is 2. The molecule has 0 heterocycles. The number of hydrogen-bond donors (Lipinski definition) is 1. The van der Waals surface area contributed by atoms with Gasteiger partial charge in [-0.3, -0.25) is 13.9 Å². The molecular weight excluding hydrogens is 621 g/mol. The van der Waals surface area contributed by atoms with Crippen molar-refractivity contribution >= 4 is 50.7 Å². The van der Waals surface area contributed by atoms with E-state index >= 15 is 0 Å². The molecular formula is C33H33Cl2N3O5S. The predicted octanol–water partition coefficient (Wildman–Crippen LogP) is 5.97. The van der Waals surface area contributed by atoms with Crippen molar-refractivity contribution < 1.29 is 22.7 Å². The van der Waals surface area contributed by atoms with Crippen LogP contribution in [0.15, 0.2) is 108 Å². The first-order chi connectivity index (χ1) is 21.1. The van der Waals surface area contributed by atoms with Gasteiger partial charge < -0.3 is 15.0 Å². The summed E-state index contributed by atoms with van der Waals surface area (Å²) in [4.78, 5) is 29.3. The van der Waals surface area contributed by atoms with Gasteiger partial charge in [0.25, 0.3) is 10.0 Å². The Morgan fingerprint density at radius 3 is 2.18 bits per heavy atom. The Bertz CT molecular complexity index is 1690. The number of benzene rings is 4. The highest BCUT2D eigenvalue weighted by Crippen LogP contribution is 2.28. The van der Waals surface area contributed by atoms with E-state index in [1.54, 1.807) is 50.4 Å². The molecule has 0 aliphatic rings. The van der Waals surface area contributed by atoms with E-state index in [9.17, 15) is 18.0 Å². The topological polar surface area (TPSA) is 96.0 Å². The third-order valence-corrected chi connectivity index (χ3v) is 9.16. The summed E-state index contributed by atoms with van der Waals surface area (Å²) in [6.45, 7) is 1.57. The van der Waals surface area contributed by atoms with E-state index in [0.717, 1.165) is 9.87 Å². The Hall–Kier alpha value is -4.05. The molecule has 1 unspecified atom stereocenters. The Morgan fingerprint density at radius 2 is 1.52 bits per heavy atom. The molecule has 11 heteroatoms. The number of carbonyl (C=O) groups is 2. The van der Waals surface area contributed by atoms with Gasteiger partial charge in [-0.25, -0.2) is 8.42 Å². The van der Waals surface area contributed by atoms with Crippen molar-refractivity contribution in [2.75, 3.05) is 24.5 Å². The Morgan fingerprint density at radius 1 is 0.841 bits per heavy atom. The predicted molar refractivity (Wildman–Crippen MR) is 174 cm³/mol. The summed E-state index contributed by atoms with van der Waals surface area (Å²) < 4.78 is 34.4. The second kappa shape index (κ2) is 15.1. The molecule has 0 spiro atoms. The van der Waals surface area contributed by atoms with Crippen molar-refractivity contribution in [3.63, 3.8) is 0 Å². The minimum absolute atomic E-state index is 0.0229. The van der Waals surface area contributed by atoms with Gasteiger partial charge in [-0.2, -0.15) is 0 Å². The molecule has 4 aromatic carbocycles. The van der Waals surface area contributed by atoms with Gasteiger partial charge in [0.05, 0.1) is 17.7 Å². The van der Waals surface area contributed by atoms with E-state index < -0.39 is 28.5 Å². The lowest BCUT2D eigenvalue weighted by Gasteiger charge is -2.34. The zero-order chi connectivity index (χ0) is 31.7. The average molecular weight is 655 g/mol. The largest absolute Gasteiger partial charge is 0.497 e. The third-order valence-electron chi connectivity index (χ3n) is 6.89. The van der Waals surface area contributed by atoms with Crippen molar-refractivity contribution in [1.29, 1.82) is 0 Å². The maximum atomic E-state index is 14.4. The van der Waals surface area contributed by atoms with Gasteiger partial charge in [-0.15, -0.1) is 0 Å². The molecule has 0 bridgehead atoms. The number of anilines is 1. The van der Waals surface area contributed by atoms with Gasteiger partial charge in [-0.1, -0.05) is 71.7 Å². The molecule has 1 N–H and O–H groups in total. The lowest BCUT2D eigenvalue weighted by atomic mass is 10.0. The molecule has 0 saturated heterocycles. The van der Waals surface area contributed by atoms with Crippen LogP contribution in [-0.2, 0) is 32.6 Å². The van der Waals surface area contributed by atoms with Gasteiger partial charge in [0, 0.05) is 29.6 Å². The fourth-order valence-electron chi connectivity index (χ4n) is 4.71. The number of nitrogens with one attached hydrogen (secondary N) is 1. The summed E-state index contributed by atoms with van der Waals surface area (Å²) in [5, 5.41) is 3.50. The van der Waals surface area contributed by atoms with Gasteiger partial charge in [0.2, 0.25) is 11.8 Å². The highest BCUT2D eigenvalue weighted by molar-refractivity contribution is 7.92. The highest BCUT2D eigenvalue weighted by Gasteiger charge is 2.34. The van der Waals surface area contributed by atoms with Crippen LogP contribution in [0.2, 0.25) is 10.0 Å². The van der Waals surface area contributed by atoms with E-state index in [2.05, 4.69) is 5.32 Å². The number of methoxy groups -OCH3 is 1. The van der Waals surface area contributed by atoms with Crippen LogP contribution in [0.1, 0.15) is 18.1 Å². The number of rotatable bonds is 13. The molecule has 0 saturated carbocycles. The molecule has 8 nitrogen and oxygen atoms in total. The minimum Gasteiger partial charge on any atom is -0.497 e. The Labute approximate surface area is 268 Å². The summed E-state index contributed by atoms with van der Waals surface area (Å²) in [5.74, 6) is -0.363. The number of ether oxygens (including phenoxy) is 1. The van der Waals surface area contributed by atoms with Crippen LogP contribution >= 0.6 is 23.2 Å². The zero-order valence-corrected chi connectivity index (χ0v) is 26.6. The third kappa shape index (κ3) is 8.31. The van der Waals surface area contributed by atoms with Crippen LogP contribution in [-0.4, -0.2) is 51.4 Å². The molecule has 0 radical (unpaired) electrons.